The number of nitro groups is 1. The fourth-order valence-corrected chi connectivity index (χ4v) is 4.48. The van der Waals surface area contributed by atoms with Gasteiger partial charge >= 0.3 is 5.69 Å². The van der Waals surface area contributed by atoms with E-state index in [2.05, 4.69) is 16.8 Å². The molecule has 3 rings (SSSR count). The number of benzene rings is 1. The van der Waals surface area contributed by atoms with Crippen LogP contribution >= 0.6 is 0 Å². The number of anilines is 1. The Morgan fingerprint density at radius 1 is 1.39 bits per heavy atom. The number of hydrogen-bond acceptors (Lipinski definition) is 11. The molecule has 0 spiro atoms. The smallest absolute Gasteiger partial charge is 0.351 e. The van der Waals surface area contributed by atoms with Gasteiger partial charge in [-0.3, -0.25) is 19.5 Å². The highest BCUT2D eigenvalue weighted by Gasteiger charge is 2.36. The summed E-state index contributed by atoms with van der Waals surface area (Å²) in [5, 5.41) is 31.6. The van der Waals surface area contributed by atoms with E-state index in [0.717, 1.165) is 0 Å². The largest absolute Gasteiger partial charge is 0.495 e. The maximum absolute atomic E-state index is 12.5. The Labute approximate surface area is 237 Å². The number of Topliss-reactive ketones (excluding diaryl/α,β-unsaturated/α-hetero) is 1. The van der Waals surface area contributed by atoms with Gasteiger partial charge in [-0.2, -0.15) is 4.98 Å². The molecule has 1 aliphatic heterocycles. The molecule has 0 radical (unpaired) electrons. The number of carbonyl (C=O) groups excluding carboxylic acids is 1. The minimum Gasteiger partial charge on any atom is -0.495 e. The Morgan fingerprint density at radius 2 is 2.10 bits per heavy atom. The lowest BCUT2D eigenvalue weighted by Crippen LogP contribution is -2.29. The fourth-order valence-electron chi connectivity index (χ4n) is 4.48. The molecule has 1 unspecified atom stereocenters. The van der Waals surface area contributed by atoms with Crippen molar-refractivity contribution in [3.63, 3.8) is 0 Å². The Morgan fingerprint density at radius 3 is 2.66 bits per heavy atom. The molecule has 13 heteroatoms. The summed E-state index contributed by atoms with van der Waals surface area (Å²) in [5.41, 5.74) is 5.34. The van der Waals surface area contributed by atoms with Gasteiger partial charge in [0.15, 0.2) is 0 Å². The molecule has 4 N–H and O–H groups in total. The topological polar surface area (TPSA) is 189 Å². The zero-order chi connectivity index (χ0) is 30.5. The third-order valence-corrected chi connectivity index (χ3v) is 6.60. The maximum atomic E-state index is 12.5. The van der Waals surface area contributed by atoms with E-state index in [1.807, 2.05) is 20.8 Å². The first-order valence-electron chi connectivity index (χ1n) is 13.0. The van der Waals surface area contributed by atoms with E-state index in [1.165, 1.54) is 36.9 Å². The lowest BCUT2D eigenvalue weighted by atomic mass is 9.83. The van der Waals surface area contributed by atoms with Gasteiger partial charge in [-0.15, -0.1) is 0 Å². The normalized spacial score (nSPS) is 19.3. The summed E-state index contributed by atoms with van der Waals surface area (Å²) in [6.07, 6.45) is -1.44. The van der Waals surface area contributed by atoms with E-state index in [-0.39, 0.29) is 42.3 Å². The van der Waals surface area contributed by atoms with E-state index >= 15 is 0 Å². The highest BCUT2D eigenvalue weighted by molar-refractivity contribution is 5.75. The molecule has 0 amide bonds. The van der Waals surface area contributed by atoms with Gasteiger partial charge < -0.3 is 30.2 Å². The minimum absolute atomic E-state index is 0.00766. The van der Waals surface area contributed by atoms with E-state index in [9.17, 15) is 29.9 Å². The quantitative estimate of drug-likeness (QED) is 0.215. The van der Waals surface area contributed by atoms with Gasteiger partial charge in [0.25, 0.3) is 5.69 Å². The molecule has 0 aliphatic carbocycles. The molecular formula is C28H36N4O9. The van der Waals surface area contributed by atoms with Crippen LogP contribution in [0.4, 0.5) is 11.5 Å². The first kappa shape index (κ1) is 31.7. The zero-order valence-electron chi connectivity index (χ0n) is 23.7. The van der Waals surface area contributed by atoms with Crippen LogP contribution < -0.4 is 16.2 Å². The molecule has 1 saturated heterocycles. The second-order valence-corrected chi connectivity index (χ2v) is 10.9. The van der Waals surface area contributed by atoms with E-state index in [1.54, 1.807) is 0 Å². The lowest BCUT2D eigenvalue weighted by Gasteiger charge is -2.31. The van der Waals surface area contributed by atoms with Crippen LogP contribution in [0.5, 0.6) is 5.75 Å². The second-order valence-electron chi connectivity index (χ2n) is 10.9. The Balaban J connectivity index is 1.97. The average Bonchev–Trinajstić information content (AvgIpc) is 3.27. The first-order valence-corrected chi connectivity index (χ1v) is 13.0. The number of ether oxygens (including phenoxy) is 3. The highest BCUT2D eigenvalue weighted by Crippen LogP contribution is 2.43. The zero-order valence-corrected chi connectivity index (χ0v) is 23.7. The van der Waals surface area contributed by atoms with Gasteiger partial charge in [-0.1, -0.05) is 32.6 Å². The van der Waals surface area contributed by atoms with Crippen molar-refractivity contribution < 1.29 is 34.1 Å². The van der Waals surface area contributed by atoms with E-state index in [4.69, 9.17) is 19.9 Å². The second kappa shape index (κ2) is 13.2. The van der Waals surface area contributed by atoms with Gasteiger partial charge in [-0.05, 0) is 18.4 Å². The van der Waals surface area contributed by atoms with Crippen LogP contribution in [0.2, 0.25) is 0 Å². The van der Waals surface area contributed by atoms with Gasteiger partial charge in [0.05, 0.1) is 48.6 Å². The fraction of sp³-hybridized carbons (Fsp3) is 0.536. The highest BCUT2D eigenvalue weighted by atomic mass is 16.6. The molecule has 1 aromatic heterocycles. The monoisotopic (exact) mass is 572 g/mol. The molecule has 222 valence electrons. The number of aromatic nitrogens is 2. The van der Waals surface area contributed by atoms with Crippen molar-refractivity contribution in [3.8, 4) is 17.6 Å². The molecule has 4 atom stereocenters. The predicted molar refractivity (Wildman–Crippen MR) is 148 cm³/mol. The SMILES string of the molecule is COc1cc([C@@H](OCc2cn([C@H]3CC(O)[C@@H](CO)O3)c(=O)nc2N)C(C)(C)C)c([N+](=O)[O-])cc1C#CCCC(C)=O. The molecule has 1 aliphatic rings. The summed E-state index contributed by atoms with van der Waals surface area (Å²) < 4.78 is 18.5. The van der Waals surface area contributed by atoms with Crippen LogP contribution in [0.15, 0.2) is 23.1 Å². The standard InChI is InChI=1S/C28H36N4O9/c1-16(34)8-6-7-9-17-10-20(32(37)38)19(11-22(17)39-5)25(28(2,3)4)40-15-18-13-31(27(36)30-26(18)29)24-12-21(35)23(14-33)41-24/h10-11,13,21,23-25,33,35H,6,8,12,14-15H2,1-5H3,(H2,29,30,36)/t21?,23-,24-,25-/m1/s1. The number of aliphatic hydroxyl groups excluding tert-OH is 2. The number of methoxy groups -OCH3 is 1. The molecular weight excluding hydrogens is 536 g/mol. The molecule has 1 fully saturated rings. The number of rotatable bonds is 10. The molecule has 0 bridgehead atoms. The number of nitrogens with zero attached hydrogens (tertiary/aromatic N) is 3. The van der Waals surface area contributed by atoms with Crippen molar-refractivity contribution >= 4 is 17.3 Å². The predicted octanol–water partition coefficient (Wildman–Crippen LogP) is 2.41. The minimum atomic E-state index is -0.961. The molecule has 2 aromatic rings. The number of aliphatic hydroxyl groups is 2. The Hall–Kier alpha value is -3.83. The first-order chi connectivity index (χ1) is 19.3. The third-order valence-electron chi connectivity index (χ3n) is 6.60. The number of nitrogens with two attached hydrogens (primary N) is 1. The summed E-state index contributed by atoms with van der Waals surface area (Å²) in [6, 6.07) is 2.85. The van der Waals surface area contributed by atoms with Crippen molar-refractivity contribution in [2.45, 2.75) is 78.1 Å². The summed E-state index contributed by atoms with van der Waals surface area (Å²) in [4.78, 5) is 39.2. The van der Waals surface area contributed by atoms with Crippen molar-refractivity contribution in [2.75, 3.05) is 19.5 Å². The van der Waals surface area contributed by atoms with E-state index in [0.29, 0.717) is 23.3 Å². The maximum Gasteiger partial charge on any atom is 0.351 e. The van der Waals surface area contributed by atoms with Gasteiger partial charge in [0.1, 0.15) is 29.7 Å². The third kappa shape index (κ3) is 7.68. The lowest BCUT2D eigenvalue weighted by molar-refractivity contribution is -0.386. The summed E-state index contributed by atoms with van der Waals surface area (Å²) in [5.74, 6) is 5.93. The van der Waals surface area contributed by atoms with E-state index < -0.39 is 47.2 Å². The van der Waals surface area contributed by atoms with Crippen LogP contribution in [-0.2, 0) is 20.9 Å². The molecule has 2 heterocycles. The summed E-state index contributed by atoms with van der Waals surface area (Å²) in [6.45, 7) is 6.46. The average molecular weight is 573 g/mol. The van der Waals surface area contributed by atoms with Crippen molar-refractivity contribution in [3.05, 3.63) is 55.6 Å². The van der Waals surface area contributed by atoms with Crippen LogP contribution in [-0.4, -0.2) is 56.4 Å². The summed E-state index contributed by atoms with van der Waals surface area (Å²) >= 11 is 0. The molecule has 41 heavy (non-hydrogen) atoms. The van der Waals surface area contributed by atoms with Gasteiger partial charge in [0, 0.05) is 37.1 Å². The van der Waals surface area contributed by atoms with Crippen LogP contribution in [0.3, 0.4) is 0 Å². The van der Waals surface area contributed by atoms with Gasteiger partial charge in [0.2, 0.25) is 0 Å². The number of carbonyl (C=O) groups is 1. The van der Waals surface area contributed by atoms with Crippen molar-refractivity contribution in [1.82, 2.24) is 9.55 Å². The number of nitro benzene ring substituents is 1. The van der Waals surface area contributed by atoms with Crippen molar-refractivity contribution in [1.29, 1.82) is 0 Å². The van der Waals surface area contributed by atoms with Gasteiger partial charge in [-0.25, -0.2) is 4.79 Å². The number of nitrogen functional groups attached to an aromatic ring is 1. The Kier molecular flexibility index (Phi) is 10.2. The summed E-state index contributed by atoms with van der Waals surface area (Å²) in [7, 11) is 1.43. The molecule has 1 aromatic carbocycles. The van der Waals surface area contributed by atoms with Crippen LogP contribution in [0.25, 0.3) is 0 Å². The Bertz CT molecular complexity index is 1400. The van der Waals surface area contributed by atoms with Crippen LogP contribution in [0, 0.1) is 27.4 Å². The molecule has 0 saturated carbocycles. The number of ketones is 1. The molecule has 13 nitrogen and oxygen atoms in total. The van der Waals surface area contributed by atoms with Crippen molar-refractivity contribution in [2.24, 2.45) is 5.41 Å². The number of hydrogen-bond donors (Lipinski definition) is 3. The van der Waals surface area contributed by atoms with Crippen LogP contribution in [0.1, 0.15) is 76.0 Å².